The Morgan fingerprint density at radius 2 is 1.80 bits per heavy atom. The van der Waals surface area contributed by atoms with Crippen LogP contribution >= 0.6 is 12.2 Å². The summed E-state index contributed by atoms with van der Waals surface area (Å²) in [5.41, 5.74) is 6.83. The average Bonchev–Trinajstić information content (AvgIpc) is 3.33. The number of fused-ring (bicyclic) bond motifs is 7. The molecule has 6 rings (SSSR count). The van der Waals surface area contributed by atoms with E-state index in [0.717, 1.165) is 33.1 Å². The fourth-order valence-corrected chi connectivity index (χ4v) is 4.21. The minimum atomic E-state index is 0.355. The molecule has 0 bridgehead atoms. The lowest BCUT2D eigenvalue weighted by Gasteiger charge is -2.13. The summed E-state index contributed by atoms with van der Waals surface area (Å²) in [6, 6.07) is 18.3. The first-order chi connectivity index (χ1) is 14.7. The average molecular weight is 407 g/mol. The van der Waals surface area contributed by atoms with Crippen molar-refractivity contribution in [2.24, 2.45) is 0 Å². The SMILES string of the molecule is Cc1ccc(-c2c(C#N)c3nc4ccccc4n3c3ncn4[nH]c(=S)nc4c23)cc1. The number of hydrogen-bond acceptors (Lipinski definition) is 5. The minimum Gasteiger partial charge on any atom is -0.275 e. The van der Waals surface area contributed by atoms with Gasteiger partial charge in [0.05, 0.1) is 16.4 Å². The molecule has 0 saturated carbocycles. The maximum absolute atomic E-state index is 10.2. The van der Waals surface area contributed by atoms with E-state index in [0.29, 0.717) is 27.3 Å². The summed E-state index contributed by atoms with van der Waals surface area (Å²) in [5.74, 6) is 0. The van der Waals surface area contributed by atoms with Gasteiger partial charge in [-0.05, 0) is 36.8 Å². The van der Waals surface area contributed by atoms with Gasteiger partial charge in [-0.1, -0.05) is 42.0 Å². The Morgan fingerprint density at radius 3 is 2.60 bits per heavy atom. The molecule has 4 heterocycles. The number of nitrogens with zero attached hydrogens (tertiary/aromatic N) is 6. The third-order valence-corrected chi connectivity index (χ3v) is 5.53. The molecule has 0 radical (unpaired) electrons. The third kappa shape index (κ3) is 2.18. The summed E-state index contributed by atoms with van der Waals surface area (Å²) in [4.78, 5) is 14.0. The summed E-state index contributed by atoms with van der Waals surface area (Å²) in [6.45, 7) is 2.03. The summed E-state index contributed by atoms with van der Waals surface area (Å²) in [6.07, 6.45) is 1.65. The topological polar surface area (TPSA) is 87.1 Å². The van der Waals surface area contributed by atoms with Crippen LogP contribution in [0.4, 0.5) is 0 Å². The molecule has 0 amide bonds. The molecule has 6 aromatic rings. The second-order valence-electron chi connectivity index (χ2n) is 7.15. The maximum atomic E-state index is 10.2. The monoisotopic (exact) mass is 407 g/mol. The van der Waals surface area contributed by atoms with E-state index in [2.05, 4.69) is 16.2 Å². The predicted octanol–water partition coefficient (Wildman–Crippen LogP) is 4.59. The minimum absolute atomic E-state index is 0.355. The van der Waals surface area contributed by atoms with E-state index in [1.807, 2.05) is 59.9 Å². The molecular weight excluding hydrogens is 394 g/mol. The highest BCUT2D eigenvalue weighted by atomic mass is 32.1. The van der Waals surface area contributed by atoms with Crippen LogP contribution in [0.2, 0.25) is 0 Å². The second-order valence-corrected chi connectivity index (χ2v) is 7.54. The number of benzene rings is 2. The van der Waals surface area contributed by atoms with E-state index in [-0.39, 0.29) is 0 Å². The third-order valence-electron chi connectivity index (χ3n) is 5.34. The van der Waals surface area contributed by atoms with Gasteiger partial charge in [-0.3, -0.25) is 9.50 Å². The highest BCUT2D eigenvalue weighted by Gasteiger charge is 2.23. The molecule has 0 saturated heterocycles. The van der Waals surface area contributed by atoms with E-state index in [4.69, 9.17) is 22.2 Å². The number of aromatic nitrogens is 6. The second kappa shape index (κ2) is 5.95. The van der Waals surface area contributed by atoms with Gasteiger partial charge in [0.25, 0.3) is 0 Å². The summed E-state index contributed by atoms with van der Waals surface area (Å²) in [5, 5.41) is 14.0. The smallest absolute Gasteiger partial charge is 0.214 e. The van der Waals surface area contributed by atoms with Gasteiger partial charge in [0.15, 0.2) is 16.9 Å². The van der Waals surface area contributed by atoms with Crippen LogP contribution in [-0.4, -0.2) is 29.0 Å². The number of rotatable bonds is 1. The lowest BCUT2D eigenvalue weighted by molar-refractivity contribution is 0.922. The van der Waals surface area contributed by atoms with Gasteiger partial charge in [-0.2, -0.15) is 10.2 Å². The van der Waals surface area contributed by atoms with Crippen LogP contribution in [0, 0.1) is 23.0 Å². The van der Waals surface area contributed by atoms with Crippen molar-refractivity contribution in [1.29, 1.82) is 5.26 Å². The predicted molar refractivity (Wildman–Crippen MR) is 117 cm³/mol. The van der Waals surface area contributed by atoms with Gasteiger partial charge in [-0.25, -0.2) is 14.5 Å². The van der Waals surface area contributed by atoms with Crippen molar-refractivity contribution >= 4 is 45.6 Å². The molecule has 0 spiro atoms. The van der Waals surface area contributed by atoms with Crippen LogP contribution in [0.5, 0.6) is 0 Å². The van der Waals surface area contributed by atoms with Crippen LogP contribution < -0.4 is 0 Å². The Kier molecular flexibility index (Phi) is 3.34. The molecule has 0 aliphatic rings. The number of para-hydroxylation sites is 2. The van der Waals surface area contributed by atoms with E-state index in [1.165, 1.54) is 0 Å². The van der Waals surface area contributed by atoms with Gasteiger partial charge in [0.2, 0.25) is 4.77 Å². The molecule has 30 heavy (non-hydrogen) atoms. The summed E-state index contributed by atoms with van der Waals surface area (Å²) >= 11 is 5.27. The number of aryl methyl sites for hydroxylation is 1. The zero-order chi connectivity index (χ0) is 20.4. The van der Waals surface area contributed by atoms with Crippen molar-refractivity contribution in [3.05, 3.63) is 70.8 Å². The standard InChI is InChI=1S/C22H13N7S/c1-12-6-8-13(9-7-12)17-14(10-23)19-25-15-4-2-3-5-16(15)29(19)20-18(17)21-26-22(30)27-28(21)11-24-20/h2-9,11H,1H3,(H,27,30). The first kappa shape index (κ1) is 16.8. The lowest BCUT2D eigenvalue weighted by Crippen LogP contribution is -2.02. The lowest BCUT2D eigenvalue weighted by atomic mass is 9.97. The zero-order valence-corrected chi connectivity index (χ0v) is 16.6. The Labute approximate surface area is 174 Å². The molecule has 0 aliphatic heterocycles. The molecule has 8 heteroatoms. The number of hydrogen-bond donors (Lipinski definition) is 1. The van der Waals surface area contributed by atoms with Gasteiger partial charge in [0.1, 0.15) is 18.0 Å². The van der Waals surface area contributed by atoms with Crippen molar-refractivity contribution in [2.45, 2.75) is 6.92 Å². The molecular formula is C22H13N7S. The fraction of sp³-hybridized carbons (Fsp3) is 0.0455. The Morgan fingerprint density at radius 1 is 1.00 bits per heavy atom. The van der Waals surface area contributed by atoms with Gasteiger partial charge >= 0.3 is 0 Å². The number of aromatic amines is 1. The van der Waals surface area contributed by atoms with Crippen molar-refractivity contribution in [2.75, 3.05) is 0 Å². The van der Waals surface area contributed by atoms with Crippen LogP contribution in [0.1, 0.15) is 11.1 Å². The van der Waals surface area contributed by atoms with Crippen LogP contribution in [0.15, 0.2) is 54.9 Å². The van der Waals surface area contributed by atoms with Crippen molar-refractivity contribution in [3.8, 4) is 17.2 Å². The van der Waals surface area contributed by atoms with Gasteiger partial charge in [-0.15, -0.1) is 0 Å². The molecule has 142 valence electrons. The van der Waals surface area contributed by atoms with Crippen molar-refractivity contribution in [3.63, 3.8) is 0 Å². The molecule has 0 fully saturated rings. The Hall–Kier alpha value is -4.09. The van der Waals surface area contributed by atoms with Crippen LogP contribution in [0.25, 0.3) is 44.5 Å². The molecule has 0 unspecified atom stereocenters. The molecule has 4 aromatic heterocycles. The summed E-state index contributed by atoms with van der Waals surface area (Å²) < 4.78 is 3.97. The van der Waals surface area contributed by atoms with Gasteiger partial charge in [0, 0.05) is 5.56 Å². The number of imidazole rings is 1. The van der Waals surface area contributed by atoms with Crippen LogP contribution in [-0.2, 0) is 0 Å². The fourth-order valence-electron chi connectivity index (χ4n) is 4.02. The molecule has 2 aromatic carbocycles. The number of H-pyrrole nitrogens is 1. The summed E-state index contributed by atoms with van der Waals surface area (Å²) in [7, 11) is 0. The van der Waals surface area contributed by atoms with Crippen molar-refractivity contribution in [1.82, 2.24) is 29.0 Å². The van der Waals surface area contributed by atoms with Gasteiger partial charge < -0.3 is 0 Å². The molecule has 1 N–H and O–H groups in total. The number of nitriles is 1. The molecule has 7 nitrogen and oxygen atoms in total. The highest BCUT2D eigenvalue weighted by Crippen LogP contribution is 2.37. The highest BCUT2D eigenvalue weighted by molar-refractivity contribution is 7.71. The molecule has 0 aliphatic carbocycles. The molecule has 0 atom stereocenters. The van der Waals surface area contributed by atoms with E-state index < -0.39 is 0 Å². The van der Waals surface area contributed by atoms with E-state index in [1.54, 1.807) is 10.8 Å². The Bertz CT molecular complexity index is 1730. The Balaban J connectivity index is 1.97. The quantitative estimate of drug-likeness (QED) is 0.403. The number of nitrogens with one attached hydrogen (secondary N) is 1. The van der Waals surface area contributed by atoms with E-state index >= 15 is 0 Å². The van der Waals surface area contributed by atoms with Crippen LogP contribution in [0.3, 0.4) is 0 Å². The number of pyridine rings is 1. The zero-order valence-electron chi connectivity index (χ0n) is 15.8. The maximum Gasteiger partial charge on any atom is 0.214 e. The van der Waals surface area contributed by atoms with Crippen molar-refractivity contribution < 1.29 is 0 Å². The largest absolute Gasteiger partial charge is 0.275 e. The van der Waals surface area contributed by atoms with E-state index in [9.17, 15) is 5.26 Å². The normalized spacial score (nSPS) is 11.6. The first-order valence-corrected chi connectivity index (χ1v) is 9.74. The first-order valence-electron chi connectivity index (χ1n) is 9.33.